The van der Waals surface area contributed by atoms with Gasteiger partial charge < -0.3 is 4.74 Å². The number of aryl methyl sites for hydroxylation is 1. The highest BCUT2D eigenvalue weighted by Crippen LogP contribution is 2.35. The summed E-state index contributed by atoms with van der Waals surface area (Å²) in [4.78, 5) is 0. The smallest absolute Gasteiger partial charge is 0.158 e. The first kappa shape index (κ1) is 11.8. The van der Waals surface area contributed by atoms with Gasteiger partial charge in [0, 0.05) is 17.4 Å². The second-order valence-electron chi connectivity index (χ2n) is 4.49. The minimum absolute atomic E-state index is 0.191. The fourth-order valence-corrected chi connectivity index (χ4v) is 2.70. The molecule has 1 saturated heterocycles. The van der Waals surface area contributed by atoms with E-state index in [4.69, 9.17) is 4.74 Å². The summed E-state index contributed by atoms with van der Waals surface area (Å²) in [5, 5.41) is 11.8. The predicted molar refractivity (Wildman–Crippen MR) is 69.1 cm³/mol. The summed E-state index contributed by atoms with van der Waals surface area (Å²) in [5.74, 6) is 1.53. The molecule has 2 heterocycles. The number of nitrogens with zero attached hydrogens (tertiary/aromatic N) is 4. The van der Waals surface area contributed by atoms with Gasteiger partial charge in [-0.2, -0.15) is 0 Å². The maximum absolute atomic E-state index is 5.32. The Morgan fingerprint density at radius 1 is 1.44 bits per heavy atom. The molecule has 1 fully saturated rings. The average Bonchev–Trinajstić information content (AvgIpc) is 2.69. The SMILES string of the molecule is Cn1nnnc1C(c1cccc(Br)c1)C1COC1. The molecule has 0 amide bonds. The fourth-order valence-electron chi connectivity index (χ4n) is 2.28. The molecular weight excluding hydrogens is 296 g/mol. The van der Waals surface area contributed by atoms with Crippen LogP contribution in [-0.4, -0.2) is 33.4 Å². The highest BCUT2D eigenvalue weighted by Gasteiger charge is 2.34. The first-order chi connectivity index (χ1) is 8.75. The van der Waals surface area contributed by atoms with E-state index in [-0.39, 0.29) is 5.92 Å². The van der Waals surface area contributed by atoms with Gasteiger partial charge in [0.15, 0.2) is 5.82 Å². The van der Waals surface area contributed by atoms with Crippen molar-refractivity contribution in [3.8, 4) is 0 Å². The predicted octanol–water partition coefficient (Wildman–Crippen LogP) is 1.75. The molecule has 0 bridgehead atoms. The lowest BCUT2D eigenvalue weighted by molar-refractivity contribution is -0.0408. The molecule has 1 aromatic carbocycles. The molecule has 1 atom stereocenters. The molecule has 0 saturated carbocycles. The van der Waals surface area contributed by atoms with Crippen LogP contribution in [-0.2, 0) is 11.8 Å². The molecule has 18 heavy (non-hydrogen) atoms. The zero-order valence-corrected chi connectivity index (χ0v) is 11.5. The van der Waals surface area contributed by atoms with Gasteiger partial charge in [0.05, 0.1) is 19.1 Å². The van der Waals surface area contributed by atoms with Crippen molar-refractivity contribution in [1.82, 2.24) is 20.2 Å². The largest absolute Gasteiger partial charge is 0.381 e. The van der Waals surface area contributed by atoms with Crippen LogP contribution in [0.5, 0.6) is 0 Å². The Kier molecular flexibility index (Phi) is 3.13. The molecule has 6 heteroatoms. The van der Waals surface area contributed by atoms with Crippen LogP contribution in [0.25, 0.3) is 0 Å². The topological polar surface area (TPSA) is 52.8 Å². The van der Waals surface area contributed by atoms with Crippen molar-refractivity contribution in [2.75, 3.05) is 13.2 Å². The lowest BCUT2D eigenvalue weighted by Crippen LogP contribution is -2.35. The van der Waals surface area contributed by atoms with Crippen molar-refractivity contribution in [1.29, 1.82) is 0 Å². The van der Waals surface area contributed by atoms with Gasteiger partial charge in [0.2, 0.25) is 0 Å². The fraction of sp³-hybridized carbons (Fsp3) is 0.417. The zero-order valence-electron chi connectivity index (χ0n) is 9.95. The third-order valence-electron chi connectivity index (χ3n) is 3.27. The molecule has 0 aliphatic carbocycles. The Balaban J connectivity index is 2.03. The zero-order chi connectivity index (χ0) is 12.5. The summed E-state index contributed by atoms with van der Waals surface area (Å²) in [6.07, 6.45) is 0. The number of ether oxygens (including phenoxy) is 1. The van der Waals surface area contributed by atoms with E-state index >= 15 is 0 Å². The molecule has 1 unspecified atom stereocenters. The van der Waals surface area contributed by atoms with Crippen LogP contribution in [0.15, 0.2) is 28.7 Å². The van der Waals surface area contributed by atoms with Gasteiger partial charge in [0.1, 0.15) is 0 Å². The molecule has 1 aliphatic heterocycles. The highest BCUT2D eigenvalue weighted by atomic mass is 79.9. The van der Waals surface area contributed by atoms with Crippen LogP contribution in [0.2, 0.25) is 0 Å². The van der Waals surface area contributed by atoms with Crippen molar-refractivity contribution in [3.05, 3.63) is 40.1 Å². The van der Waals surface area contributed by atoms with Crippen LogP contribution in [0.4, 0.5) is 0 Å². The van der Waals surface area contributed by atoms with Gasteiger partial charge in [-0.3, -0.25) is 0 Å². The van der Waals surface area contributed by atoms with Gasteiger partial charge in [-0.15, -0.1) is 5.10 Å². The van der Waals surface area contributed by atoms with Gasteiger partial charge >= 0.3 is 0 Å². The summed E-state index contributed by atoms with van der Waals surface area (Å²) >= 11 is 3.51. The number of aromatic nitrogens is 4. The molecule has 0 radical (unpaired) electrons. The van der Waals surface area contributed by atoms with E-state index in [9.17, 15) is 0 Å². The normalized spacial score (nSPS) is 17.4. The number of rotatable bonds is 3. The maximum atomic E-state index is 5.32. The van der Waals surface area contributed by atoms with Crippen LogP contribution >= 0.6 is 15.9 Å². The minimum Gasteiger partial charge on any atom is -0.381 e. The maximum Gasteiger partial charge on any atom is 0.158 e. The van der Waals surface area contributed by atoms with E-state index in [2.05, 4.69) is 43.6 Å². The molecule has 94 valence electrons. The van der Waals surface area contributed by atoms with Gasteiger partial charge in [-0.25, -0.2) is 4.68 Å². The quantitative estimate of drug-likeness (QED) is 0.867. The summed E-state index contributed by atoms with van der Waals surface area (Å²) in [7, 11) is 1.87. The van der Waals surface area contributed by atoms with Crippen LogP contribution in [0.3, 0.4) is 0 Å². The first-order valence-corrected chi connectivity index (χ1v) is 6.60. The molecule has 0 spiro atoms. The van der Waals surface area contributed by atoms with Crippen LogP contribution in [0.1, 0.15) is 17.3 Å². The monoisotopic (exact) mass is 308 g/mol. The van der Waals surface area contributed by atoms with E-state index in [0.29, 0.717) is 5.92 Å². The molecule has 1 aliphatic rings. The average molecular weight is 309 g/mol. The number of hydrogen-bond acceptors (Lipinski definition) is 4. The van der Waals surface area contributed by atoms with E-state index in [0.717, 1.165) is 23.5 Å². The Morgan fingerprint density at radius 3 is 2.83 bits per heavy atom. The van der Waals surface area contributed by atoms with E-state index in [1.807, 2.05) is 19.2 Å². The second-order valence-corrected chi connectivity index (χ2v) is 5.41. The standard InChI is InChI=1S/C12H13BrN4O/c1-17-12(14-15-16-17)11(9-6-18-7-9)8-3-2-4-10(13)5-8/h2-5,9,11H,6-7H2,1H3. The van der Waals surface area contributed by atoms with Crippen molar-refractivity contribution in [2.24, 2.45) is 13.0 Å². The second kappa shape index (κ2) is 4.78. The molecule has 5 nitrogen and oxygen atoms in total. The number of tetrazole rings is 1. The third kappa shape index (κ3) is 2.06. The summed E-state index contributed by atoms with van der Waals surface area (Å²) in [6, 6.07) is 8.29. The molecule has 3 rings (SSSR count). The van der Waals surface area contributed by atoms with Crippen molar-refractivity contribution in [3.63, 3.8) is 0 Å². The minimum atomic E-state index is 0.191. The Hall–Kier alpha value is -1.27. The van der Waals surface area contributed by atoms with Gasteiger partial charge in [0.25, 0.3) is 0 Å². The molecular formula is C12H13BrN4O. The molecule has 1 aromatic heterocycles. The van der Waals surface area contributed by atoms with Crippen LogP contribution in [0, 0.1) is 5.92 Å². The summed E-state index contributed by atoms with van der Waals surface area (Å²) in [6.45, 7) is 1.54. The molecule has 2 aromatic rings. The van der Waals surface area contributed by atoms with Crippen molar-refractivity contribution in [2.45, 2.75) is 5.92 Å². The van der Waals surface area contributed by atoms with Crippen LogP contribution < -0.4 is 0 Å². The Bertz CT molecular complexity index is 553. The third-order valence-corrected chi connectivity index (χ3v) is 3.77. The number of halogens is 1. The van der Waals surface area contributed by atoms with Crippen molar-refractivity contribution < 1.29 is 4.74 Å². The number of benzene rings is 1. The first-order valence-electron chi connectivity index (χ1n) is 5.81. The number of hydrogen-bond donors (Lipinski definition) is 0. The van der Waals surface area contributed by atoms with Gasteiger partial charge in [-0.1, -0.05) is 28.1 Å². The highest BCUT2D eigenvalue weighted by molar-refractivity contribution is 9.10. The lowest BCUT2D eigenvalue weighted by Gasteiger charge is -2.33. The van der Waals surface area contributed by atoms with E-state index in [1.54, 1.807) is 4.68 Å². The lowest BCUT2D eigenvalue weighted by atomic mass is 9.84. The summed E-state index contributed by atoms with van der Waals surface area (Å²) < 4.78 is 8.13. The van der Waals surface area contributed by atoms with E-state index in [1.165, 1.54) is 5.56 Å². The van der Waals surface area contributed by atoms with Crippen molar-refractivity contribution >= 4 is 15.9 Å². The summed E-state index contributed by atoms with van der Waals surface area (Å²) in [5.41, 5.74) is 1.22. The van der Waals surface area contributed by atoms with E-state index < -0.39 is 0 Å². The molecule has 0 N–H and O–H groups in total. The van der Waals surface area contributed by atoms with Gasteiger partial charge in [-0.05, 0) is 28.1 Å². The Morgan fingerprint density at radius 2 is 2.28 bits per heavy atom. The Labute approximate surface area is 113 Å².